The molecule has 0 N–H and O–H groups in total. The Morgan fingerprint density at radius 3 is 2.04 bits per heavy atom. The van der Waals surface area contributed by atoms with Crippen LogP contribution in [0.5, 0.6) is 0 Å². The highest BCUT2D eigenvalue weighted by molar-refractivity contribution is 5.89. The molecule has 2 atom stereocenters. The lowest BCUT2D eigenvalue weighted by molar-refractivity contribution is -0.137. The van der Waals surface area contributed by atoms with Crippen molar-refractivity contribution in [3.8, 4) is 0 Å². The zero-order chi connectivity index (χ0) is 19.9. The molecule has 0 saturated heterocycles. The predicted molar refractivity (Wildman–Crippen MR) is 108 cm³/mol. The molecule has 3 heterocycles. The zero-order valence-corrected chi connectivity index (χ0v) is 16.8. The normalized spacial score (nSPS) is 20.0. The van der Waals surface area contributed by atoms with Crippen molar-refractivity contribution in [1.29, 1.82) is 0 Å². The maximum atomic E-state index is 12.4. The standard InChI is InChI=1S/C22H28N4O2/c1-17-21(22(27)28-3)16-25(14-8-19-4-10-23-11-5-19)18(2)26(17)15-9-20-6-12-24-13-7-20/h4-7,10-13,16-18H,8-9,14-15H2,1-3H3/t17-,18-/m0/s1. The molecule has 2 aromatic heterocycles. The van der Waals surface area contributed by atoms with Gasteiger partial charge in [-0.1, -0.05) is 0 Å². The Morgan fingerprint density at radius 1 is 0.964 bits per heavy atom. The fourth-order valence-corrected chi connectivity index (χ4v) is 3.68. The minimum Gasteiger partial charge on any atom is -0.466 e. The average Bonchev–Trinajstić information content (AvgIpc) is 2.74. The van der Waals surface area contributed by atoms with E-state index >= 15 is 0 Å². The third kappa shape index (κ3) is 4.75. The second-order valence-corrected chi connectivity index (χ2v) is 7.07. The minimum atomic E-state index is -0.262. The Bertz CT molecular complexity index is 795. The van der Waals surface area contributed by atoms with Gasteiger partial charge in [0.2, 0.25) is 0 Å². The van der Waals surface area contributed by atoms with Gasteiger partial charge in [-0.3, -0.25) is 14.9 Å². The van der Waals surface area contributed by atoms with Gasteiger partial charge in [-0.15, -0.1) is 0 Å². The first-order chi connectivity index (χ1) is 13.6. The van der Waals surface area contributed by atoms with Crippen molar-refractivity contribution in [3.63, 3.8) is 0 Å². The van der Waals surface area contributed by atoms with Gasteiger partial charge in [0, 0.05) is 50.1 Å². The van der Waals surface area contributed by atoms with Crippen LogP contribution in [-0.2, 0) is 22.4 Å². The number of carbonyl (C=O) groups excluding carboxylic acids is 1. The van der Waals surface area contributed by atoms with Gasteiger partial charge >= 0.3 is 5.97 Å². The Morgan fingerprint density at radius 2 is 1.50 bits per heavy atom. The van der Waals surface area contributed by atoms with Gasteiger partial charge in [0.15, 0.2) is 0 Å². The Kier molecular flexibility index (Phi) is 6.76. The average molecular weight is 380 g/mol. The van der Waals surface area contributed by atoms with Crippen LogP contribution in [0, 0.1) is 0 Å². The number of hydrogen-bond acceptors (Lipinski definition) is 6. The molecule has 2 aromatic rings. The van der Waals surface area contributed by atoms with E-state index in [1.165, 1.54) is 18.2 Å². The second-order valence-electron chi connectivity index (χ2n) is 7.07. The molecule has 148 valence electrons. The van der Waals surface area contributed by atoms with Gasteiger partial charge in [-0.2, -0.15) is 0 Å². The first kappa shape index (κ1) is 20.0. The third-order valence-electron chi connectivity index (χ3n) is 5.45. The van der Waals surface area contributed by atoms with Crippen molar-refractivity contribution in [2.24, 2.45) is 0 Å². The SMILES string of the molecule is COC(=O)C1=CN(CCc2ccncc2)[C@H](C)N(CCc2ccncc2)[C@H]1C. The molecule has 0 unspecified atom stereocenters. The van der Waals surface area contributed by atoms with Gasteiger partial charge in [-0.25, -0.2) is 4.79 Å². The van der Waals surface area contributed by atoms with Crippen LogP contribution in [0.1, 0.15) is 25.0 Å². The Hall–Kier alpha value is -2.73. The summed E-state index contributed by atoms with van der Waals surface area (Å²) >= 11 is 0. The topological polar surface area (TPSA) is 58.6 Å². The van der Waals surface area contributed by atoms with E-state index in [4.69, 9.17) is 4.74 Å². The molecule has 1 aliphatic heterocycles. The summed E-state index contributed by atoms with van der Waals surface area (Å²) in [5, 5.41) is 0. The molecular formula is C22H28N4O2. The fourth-order valence-electron chi connectivity index (χ4n) is 3.68. The van der Waals surface area contributed by atoms with Crippen LogP contribution in [0.2, 0.25) is 0 Å². The smallest absolute Gasteiger partial charge is 0.336 e. The highest BCUT2D eigenvalue weighted by Gasteiger charge is 2.34. The van der Waals surface area contributed by atoms with Crippen molar-refractivity contribution >= 4 is 5.97 Å². The maximum absolute atomic E-state index is 12.4. The van der Waals surface area contributed by atoms with E-state index in [0.29, 0.717) is 5.57 Å². The van der Waals surface area contributed by atoms with Crippen molar-refractivity contribution in [3.05, 3.63) is 72.0 Å². The minimum absolute atomic E-state index is 0.00135. The summed E-state index contributed by atoms with van der Waals surface area (Å²) in [5.41, 5.74) is 3.18. The monoisotopic (exact) mass is 380 g/mol. The number of esters is 1. The molecule has 0 spiro atoms. The number of rotatable bonds is 7. The first-order valence-electron chi connectivity index (χ1n) is 9.69. The Labute approximate surface area is 166 Å². The van der Waals surface area contributed by atoms with Crippen LogP contribution < -0.4 is 0 Å². The molecule has 0 fully saturated rings. The zero-order valence-electron chi connectivity index (χ0n) is 16.8. The first-order valence-corrected chi connectivity index (χ1v) is 9.69. The lowest BCUT2D eigenvalue weighted by Gasteiger charge is -2.45. The van der Waals surface area contributed by atoms with E-state index in [1.54, 1.807) is 0 Å². The lowest BCUT2D eigenvalue weighted by Crippen LogP contribution is -2.54. The molecular weight excluding hydrogens is 352 g/mol. The largest absolute Gasteiger partial charge is 0.466 e. The molecule has 0 amide bonds. The fraction of sp³-hybridized carbons (Fsp3) is 0.409. The molecule has 0 aliphatic carbocycles. The van der Waals surface area contributed by atoms with Crippen LogP contribution >= 0.6 is 0 Å². The summed E-state index contributed by atoms with van der Waals surface area (Å²) in [7, 11) is 1.44. The number of carbonyl (C=O) groups is 1. The van der Waals surface area contributed by atoms with Crippen LogP contribution in [0.25, 0.3) is 0 Å². The molecule has 0 radical (unpaired) electrons. The van der Waals surface area contributed by atoms with Gasteiger partial charge in [0.05, 0.1) is 18.8 Å². The van der Waals surface area contributed by atoms with E-state index in [-0.39, 0.29) is 18.2 Å². The van der Waals surface area contributed by atoms with E-state index in [9.17, 15) is 4.79 Å². The number of aromatic nitrogens is 2. The number of pyridine rings is 2. The summed E-state index contributed by atoms with van der Waals surface area (Å²) in [4.78, 5) is 25.1. The molecule has 0 saturated carbocycles. The molecule has 6 heteroatoms. The maximum Gasteiger partial charge on any atom is 0.336 e. The molecule has 0 bridgehead atoms. The van der Waals surface area contributed by atoms with Crippen molar-refractivity contribution in [2.75, 3.05) is 20.2 Å². The number of ether oxygens (including phenoxy) is 1. The van der Waals surface area contributed by atoms with Gasteiger partial charge in [0.25, 0.3) is 0 Å². The molecule has 28 heavy (non-hydrogen) atoms. The highest BCUT2D eigenvalue weighted by Crippen LogP contribution is 2.25. The van der Waals surface area contributed by atoms with E-state index in [0.717, 1.165) is 25.9 Å². The molecule has 0 aromatic carbocycles. The highest BCUT2D eigenvalue weighted by atomic mass is 16.5. The Balaban J connectivity index is 1.75. The quantitative estimate of drug-likeness (QED) is 0.689. The van der Waals surface area contributed by atoms with Crippen molar-refractivity contribution in [2.45, 2.75) is 38.9 Å². The third-order valence-corrected chi connectivity index (χ3v) is 5.45. The lowest BCUT2D eigenvalue weighted by atomic mass is 10.0. The van der Waals surface area contributed by atoms with E-state index in [2.05, 4.69) is 33.6 Å². The van der Waals surface area contributed by atoms with Gasteiger partial charge in [-0.05, 0) is 62.1 Å². The predicted octanol–water partition coefficient (Wildman–Crippen LogP) is 2.67. The summed E-state index contributed by atoms with van der Waals surface area (Å²) in [6.07, 6.45) is 11.2. The van der Waals surface area contributed by atoms with Crippen LogP contribution in [0.4, 0.5) is 0 Å². The van der Waals surface area contributed by atoms with Gasteiger partial charge in [0.1, 0.15) is 0 Å². The molecule has 6 nitrogen and oxygen atoms in total. The number of hydrogen-bond donors (Lipinski definition) is 0. The summed E-state index contributed by atoms with van der Waals surface area (Å²) < 4.78 is 5.04. The van der Waals surface area contributed by atoms with Crippen LogP contribution in [-0.4, -0.2) is 58.1 Å². The van der Waals surface area contributed by atoms with Crippen LogP contribution in [0.3, 0.4) is 0 Å². The summed E-state index contributed by atoms with van der Waals surface area (Å²) in [5.74, 6) is -0.262. The van der Waals surface area contributed by atoms with E-state index in [1.807, 2.05) is 55.3 Å². The van der Waals surface area contributed by atoms with Crippen LogP contribution in [0.15, 0.2) is 60.8 Å². The second kappa shape index (κ2) is 9.46. The number of nitrogens with zero attached hydrogens (tertiary/aromatic N) is 4. The molecule has 1 aliphatic rings. The van der Waals surface area contributed by atoms with Crippen molar-refractivity contribution < 1.29 is 9.53 Å². The van der Waals surface area contributed by atoms with Crippen molar-refractivity contribution in [1.82, 2.24) is 19.8 Å². The molecule has 3 rings (SSSR count). The summed E-state index contributed by atoms with van der Waals surface area (Å²) in [6.45, 7) is 5.95. The summed E-state index contributed by atoms with van der Waals surface area (Å²) in [6, 6.07) is 8.14. The van der Waals surface area contributed by atoms with E-state index < -0.39 is 0 Å². The van der Waals surface area contributed by atoms with Gasteiger partial charge < -0.3 is 9.64 Å². The number of methoxy groups -OCH3 is 1.